The zero-order valence-corrected chi connectivity index (χ0v) is 20.2. The summed E-state index contributed by atoms with van der Waals surface area (Å²) in [4.78, 5) is 17.8. The third kappa shape index (κ3) is 4.29. The van der Waals surface area contributed by atoms with Crippen LogP contribution in [0.5, 0.6) is 0 Å². The van der Waals surface area contributed by atoms with Gasteiger partial charge in [0, 0.05) is 17.5 Å². The van der Waals surface area contributed by atoms with Crippen molar-refractivity contribution in [2.45, 2.75) is 37.1 Å². The zero-order valence-electron chi connectivity index (χ0n) is 17.8. The number of thiazole rings is 1. The Kier molecular flexibility index (Phi) is 5.95. The minimum atomic E-state index is -3.93. The molecule has 8 nitrogen and oxygen atoms in total. The quantitative estimate of drug-likeness (QED) is 0.439. The Labute approximate surface area is 199 Å². The van der Waals surface area contributed by atoms with Crippen LogP contribution in [0, 0.1) is 6.92 Å². The van der Waals surface area contributed by atoms with Crippen LogP contribution in [0.1, 0.15) is 24.8 Å². The first-order valence-corrected chi connectivity index (χ1v) is 13.5. The van der Waals surface area contributed by atoms with Crippen molar-refractivity contribution < 1.29 is 13.2 Å². The van der Waals surface area contributed by atoms with E-state index >= 15 is 0 Å². The number of rotatable bonds is 5. The molecule has 1 saturated heterocycles. The minimum absolute atomic E-state index is 0.0874. The second kappa shape index (κ2) is 8.90. The van der Waals surface area contributed by atoms with Gasteiger partial charge in [0.05, 0.1) is 17.4 Å². The number of nitrogens with zero attached hydrogens (tertiary/aromatic N) is 4. The molecular weight excluding hydrogens is 478 g/mol. The molecule has 0 bridgehead atoms. The van der Waals surface area contributed by atoms with Crippen LogP contribution in [-0.2, 0) is 14.8 Å². The summed E-state index contributed by atoms with van der Waals surface area (Å²) < 4.78 is 36.7. The van der Waals surface area contributed by atoms with Crippen molar-refractivity contribution in [3.8, 4) is 11.3 Å². The first-order valence-electron chi connectivity index (χ1n) is 10.5. The molecule has 1 aliphatic rings. The molecule has 0 spiro atoms. The van der Waals surface area contributed by atoms with Gasteiger partial charge in [0.2, 0.25) is 15.9 Å². The fourth-order valence-corrected chi connectivity index (χ4v) is 7.08. The molecule has 11 heteroatoms. The first-order chi connectivity index (χ1) is 15.9. The van der Waals surface area contributed by atoms with Gasteiger partial charge in [-0.1, -0.05) is 42.3 Å². The highest BCUT2D eigenvalue weighted by molar-refractivity contribution is 7.89. The van der Waals surface area contributed by atoms with Crippen LogP contribution in [0.25, 0.3) is 22.3 Å². The van der Waals surface area contributed by atoms with E-state index in [1.54, 1.807) is 12.1 Å². The van der Waals surface area contributed by atoms with Crippen LogP contribution >= 0.6 is 23.1 Å². The Morgan fingerprint density at radius 3 is 2.76 bits per heavy atom. The molecule has 33 heavy (non-hydrogen) atoms. The van der Waals surface area contributed by atoms with Gasteiger partial charge in [-0.25, -0.2) is 13.4 Å². The molecule has 1 N–H and O–H groups in total. The maximum Gasteiger partial charge on any atom is 0.246 e. The fraction of sp³-hybridized carbons (Fsp3) is 0.273. The predicted octanol–water partition coefficient (Wildman–Crippen LogP) is 4.31. The van der Waals surface area contributed by atoms with Crippen molar-refractivity contribution in [1.29, 1.82) is 0 Å². The van der Waals surface area contributed by atoms with Gasteiger partial charge >= 0.3 is 0 Å². The lowest BCUT2D eigenvalue weighted by Crippen LogP contribution is -2.49. The van der Waals surface area contributed by atoms with Crippen LogP contribution in [0.2, 0.25) is 0 Å². The van der Waals surface area contributed by atoms with Crippen LogP contribution in [0.15, 0.2) is 52.7 Å². The number of carbonyl (C=O) groups is 1. The second-order valence-corrected chi connectivity index (χ2v) is 11.2. The molecule has 0 unspecified atom stereocenters. The van der Waals surface area contributed by atoms with Gasteiger partial charge in [-0.15, -0.1) is 11.3 Å². The van der Waals surface area contributed by atoms with E-state index in [2.05, 4.69) is 19.0 Å². The first kappa shape index (κ1) is 22.1. The number of fused-ring (bicyclic) bond motifs is 1. The van der Waals surface area contributed by atoms with Crippen molar-refractivity contribution >= 4 is 55.2 Å². The molecule has 5 rings (SSSR count). The molecule has 0 radical (unpaired) electrons. The summed E-state index contributed by atoms with van der Waals surface area (Å²) in [6, 6.07) is 12.1. The highest BCUT2D eigenvalue weighted by Crippen LogP contribution is 2.31. The average Bonchev–Trinajstić information content (AvgIpc) is 3.49. The monoisotopic (exact) mass is 499 g/mol. The molecule has 1 fully saturated rings. The van der Waals surface area contributed by atoms with Crippen LogP contribution < -0.4 is 5.32 Å². The van der Waals surface area contributed by atoms with Crippen LogP contribution in [0.4, 0.5) is 5.13 Å². The molecule has 0 aliphatic carbocycles. The molecule has 1 aliphatic heterocycles. The number of aromatic nitrogens is 3. The lowest BCUT2D eigenvalue weighted by atomic mass is 10.0. The van der Waals surface area contributed by atoms with E-state index in [1.165, 1.54) is 21.7 Å². The molecule has 1 amide bonds. The van der Waals surface area contributed by atoms with Gasteiger partial charge in [-0.2, -0.15) is 13.1 Å². The number of piperidine rings is 1. The van der Waals surface area contributed by atoms with Gasteiger partial charge < -0.3 is 5.32 Å². The van der Waals surface area contributed by atoms with Crippen molar-refractivity contribution in [1.82, 2.24) is 18.0 Å². The highest BCUT2D eigenvalue weighted by Gasteiger charge is 2.39. The molecule has 2 aromatic carbocycles. The van der Waals surface area contributed by atoms with Gasteiger partial charge in [0.1, 0.15) is 22.0 Å². The number of aryl methyl sites for hydroxylation is 1. The average molecular weight is 500 g/mol. The molecule has 4 aromatic rings. The summed E-state index contributed by atoms with van der Waals surface area (Å²) in [5.41, 5.74) is 3.76. The van der Waals surface area contributed by atoms with Crippen molar-refractivity contribution in [3.63, 3.8) is 0 Å². The maximum atomic E-state index is 13.6. The lowest BCUT2D eigenvalue weighted by Gasteiger charge is -2.33. The van der Waals surface area contributed by atoms with E-state index in [1.807, 2.05) is 36.6 Å². The summed E-state index contributed by atoms with van der Waals surface area (Å²) in [7, 11) is -3.93. The van der Waals surface area contributed by atoms with Crippen LogP contribution in [-0.4, -0.2) is 44.9 Å². The van der Waals surface area contributed by atoms with E-state index in [0.717, 1.165) is 35.0 Å². The summed E-state index contributed by atoms with van der Waals surface area (Å²) in [5, 5.41) is 5.16. The second-order valence-electron chi connectivity index (χ2n) is 7.91. The van der Waals surface area contributed by atoms with Crippen molar-refractivity contribution in [3.05, 3.63) is 53.4 Å². The molecule has 2 aromatic heterocycles. The van der Waals surface area contributed by atoms with E-state index in [0.29, 0.717) is 29.0 Å². The molecule has 1 atom stereocenters. The Bertz CT molecular complexity index is 1410. The minimum Gasteiger partial charge on any atom is -0.301 e. The van der Waals surface area contributed by atoms with E-state index in [4.69, 9.17) is 0 Å². The van der Waals surface area contributed by atoms with Crippen LogP contribution in [0.3, 0.4) is 0 Å². The number of sulfonamides is 1. The van der Waals surface area contributed by atoms with E-state index < -0.39 is 16.1 Å². The zero-order chi connectivity index (χ0) is 23.0. The number of hydrogen-bond donors (Lipinski definition) is 1. The Morgan fingerprint density at radius 2 is 1.94 bits per heavy atom. The van der Waals surface area contributed by atoms with E-state index in [9.17, 15) is 13.2 Å². The molecule has 0 saturated carbocycles. The number of nitrogens with one attached hydrogen (secondary N) is 1. The van der Waals surface area contributed by atoms with E-state index in [-0.39, 0.29) is 17.3 Å². The Hall–Kier alpha value is -2.73. The van der Waals surface area contributed by atoms with Crippen molar-refractivity contribution in [2.24, 2.45) is 0 Å². The SMILES string of the molecule is Cc1ccc(-c2csc(NC(=O)[C@H]3CCCCN3S(=O)(=O)c3cccc4nsnc34)n2)cc1. The Morgan fingerprint density at radius 1 is 1.12 bits per heavy atom. The van der Waals surface area contributed by atoms with Gasteiger partial charge in [0.15, 0.2) is 5.13 Å². The molecular formula is C22H21N5O3S3. The topological polar surface area (TPSA) is 105 Å². The number of benzene rings is 2. The number of hydrogen-bond acceptors (Lipinski definition) is 8. The fourth-order valence-electron chi connectivity index (χ4n) is 3.95. The summed E-state index contributed by atoms with van der Waals surface area (Å²) >= 11 is 2.29. The van der Waals surface area contributed by atoms with Gasteiger partial charge in [-0.05, 0) is 31.9 Å². The third-order valence-corrected chi connectivity index (χ3v) is 8.91. The summed E-state index contributed by atoms with van der Waals surface area (Å²) in [5.74, 6) is -0.369. The van der Waals surface area contributed by atoms with Gasteiger partial charge in [-0.3, -0.25) is 4.79 Å². The summed E-state index contributed by atoms with van der Waals surface area (Å²) in [6.07, 6.45) is 1.93. The lowest BCUT2D eigenvalue weighted by molar-refractivity contribution is -0.120. The van der Waals surface area contributed by atoms with Crippen molar-refractivity contribution in [2.75, 3.05) is 11.9 Å². The smallest absolute Gasteiger partial charge is 0.246 e. The standard InChI is InChI=1S/C22H21N5O3S3/c1-14-8-10-15(11-9-14)17-13-31-22(23-17)24-21(28)18-6-2-3-12-27(18)33(29,30)19-7-4-5-16-20(19)26-32-25-16/h4-5,7-11,13,18H,2-3,6,12H2,1H3,(H,23,24,28)/t18-/m1/s1. The summed E-state index contributed by atoms with van der Waals surface area (Å²) in [6.45, 7) is 2.30. The highest BCUT2D eigenvalue weighted by atomic mass is 32.2. The predicted molar refractivity (Wildman–Crippen MR) is 130 cm³/mol. The number of carbonyl (C=O) groups excluding carboxylic acids is 1. The number of amides is 1. The largest absolute Gasteiger partial charge is 0.301 e. The third-order valence-electron chi connectivity index (χ3n) is 5.67. The maximum absolute atomic E-state index is 13.6. The molecule has 170 valence electrons. The molecule has 3 heterocycles. The normalized spacial score (nSPS) is 17.3. The Balaban J connectivity index is 1.39. The van der Waals surface area contributed by atoms with Gasteiger partial charge in [0.25, 0.3) is 0 Å². The number of anilines is 1.